The van der Waals surface area contributed by atoms with Gasteiger partial charge in [-0.25, -0.2) is 9.18 Å². The number of hydrogen-bond donors (Lipinski definition) is 1. The molecule has 7 nitrogen and oxygen atoms in total. The highest BCUT2D eigenvalue weighted by Gasteiger charge is 2.28. The number of aliphatic hydroxyl groups excluding tert-OH is 1. The molecule has 28 heavy (non-hydrogen) atoms. The summed E-state index contributed by atoms with van der Waals surface area (Å²) in [5, 5.41) is 22.0. The van der Waals surface area contributed by atoms with Gasteiger partial charge < -0.3 is 9.84 Å². The zero-order chi connectivity index (χ0) is 21.1. The first-order chi connectivity index (χ1) is 13.0. The predicted molar refractivity (Wildman–Crippen MR) is 103 cm³/mol. The summed E-state index contributed by atoms with van der Waals surface area (Å²) in [4.78, 5) is 24.4. The molecular formula is C20H23FN2O5. The molecule has 0 aromatic heterocycles. The van der Waals surface area contributed by atoms with Gasteiger partial charge in [-0.3, -0.25) is 15.0 Å². The minimum atomic E-state index is -1.33. The van der Waals surface area contributed by atoms with Crippen LogP contribution in [0.5, 0.6) is 0 Å². The van der Waals surface area contributed by atoms with Crippen LogP contribution in [-0.2, 0) is 11.2 Å². The minimum Gasteiger partial charge on any atom is -0.443 e. The third kappa shape index (κ3) is 5.04. The average molecular weight is 390 g/mol. The Labute approximate surface area is 162 Å². The Morgan fingerprint density at radius 3 is 2.46 bits per heavy atom. The molecule has 8 heteroatoms. The first-order valence-electron chi connectivity index (χ1n) is 8.66. The number of nitro groups is 1. The molecule has 0 heterocycles. The van der Waals surface area contributed by atoms with Gasteiger partial charge in [-0.1, -0.05) is 24.3 Å². The average Bonchev–Trinajstić information content (AvgIpc) is 2.59. The first-order valence-corrected chi connectivity index (χ1v) is 8.66. The van der Waals surface area contributed by atoms with Gasteiger partial charge in [0.15, 0.2) is 0 Å². The Morgan fingerprint density at radius 1 is 1.25 bits per heavy atom. The van der Waals surface area contributed by atoms with Crippen LogP contribution in [0.25, 0.3) is 0 Å². The van der Waals surface area contributed by atoms with Crippen LogP contribution in [-0.4, -0.2) is 28.8 Å². The molecule has 1 N–H and O–H groups in total. The lowest BCUT2D eigenvalue weighted by atomic mass is 9.98. The van der Waals surface area contributed by atoms with Crippen LogP contribution >= 0.6 is 0 Å². The van der Waals surface area contributed by atoms with E-state index in [4.69, 9.17) is 4.74 Å². The molecule has 0 aliphatic rings. The van der Waals surface area contributed by atoms with E-state index >= 15 is 0 Å². The number of carbonyl (C=O) groups is 1. The van der Waals surface area contributed by atoms with Crippen molar-refractivity contribution >= 4 is 17.5 Å². The molecule has 0 aliphatic carbocycles. The van der Waals surface area contributed by atoms with E-state index in [1.54, 1.807) is 26.8 Å². The lowest BCUT2D eigenvalue weighted by molar-refractivity contribution is -0.385. The predicted octanol–water partition coefficient (Wildman–Crippen LogP) is 4.38. The van der Waals surface area contributed by atoms with Crippen LogP contribution < -0.4 is 4.90 Å². The van der Waals surface area contributed by atoms with Crippen LogP contribution in [0.1, 0.15) is 38.0 Å². The van der Waals surface area contributed by atoms with Crippen molar-refractivity contribution in [2.45, 2.75) is 38.9 Å². The highest BCUT2D eigenvalue weighted by molar-refractivity contribution is 5.89. The van der Waals surface area contributed by atoms with Crippen LogP contribution in [0.4, 0.5) is 20.6 Å². The van der Waals surface area contributed by atoms with Gasteiger partial charge >= 0.3 is 6.09 Å². The maximum absolute atomic E-state index is 14.0. The lowest BCUT2D eigenvalue weighted by Gasteiger charge is -2.26. The number of anilines is 1. The van der Waals surface area contributed by atoms with Crippen LogP contribution in [0, 0.1) is 15.9 Å². The molecule has 0 spiro atoms. The molecule has 0 fully saturated rings. The van der Waals surface area contributed by atoms with Gasteiger partial charge in [-0.05, 0) is 32.9 Å². The number of nitrogens with zero attached hydrogens (tertiary/aromatic N) is 2. The smallest absolute Gasteiger partial charge is 0.414 e. The summed E-state index contributed by atoms with van der Waals surface area (Å²) in [6, 6.07) is 9.88. The maximum atomic E-state index is 14.0. The molecule has 1 amide bonds. The van der Waals surface area contributed by atoms with E-state index in [2.05, 4.69) is 0 Å². The molecule has 2 rings (SSSR count). The van der Waals surface area contributed by atoms with Crippen molar-refractivity contribution in [2.24, 2.45) is 0 Å². The van der Waals surface area contributed by atoms with Crippen LogP contribution in [0.3, 0.4) is 0 Å². The largest absolute Gasteiger partial charge is 0.443 e. The summed E-state index contributed by atoms with van der Waals surface area (Å²) in [7, 11) is 1.42. The van der Waals surface area contributed by atoms with E-state index in [0.29, 0.717) is 0 Å². The van der Waals surface area contributed by atoms with Crippen LogP contribution in [0.2, 0.25) is 0 Å². The van der Waals surface area contributed by atoms with E-state index in [0.717, 1.165) is 4.90 Å². The van der Waals surface area contributed by atoms with Crippen molar-refractivity contribution in [1.29, 1.82) is 0 Å². The summed E-state index contributed by atoms with van der Waals surface area (Å²) in [5.41, 5.74) is -0.691. The van der Waals surface area contributed by atoms with Crippen molar-refractivity contribution in [2.75, 3.05) is 11.9 Å². The number of hydrogen-bond acceptors (Lipinski definition) is 5. The van der Waals surface area contributed by atoms with Crippen molar-refractivity contribution in [3.63, 3.8) is 0 Å². The molecule has 2 aromatic rings. The van der Waals surface area contributed by atoms with E-state index in [1.165, 1.54) is 43.4 Å². The van der Waals surface area contributed by atoms with Gasteiger partial charge in [0.05, 0.1) is 22.3 Å². The van der Waals surface area contributed by atoms with Gasteiger partial charge in [0.1, 0.15) is 11.4 Å². The number of aliphatic hydroxyl groups is 1. The van der Waals surface area contributed by atoms with Crippen molar-refractivity contribution in [1.82, 2.24) is 0 Å². The Bertz CT molecular complexity index is 879. The number of nitro benzene ring substituents is 1. The normalized spacial score (nSPS) is 12.4. The molecule has 0 saturated heterocycles. The standard InChI is InChI=1S/C20H23FN2O5/c1-20(2,3)28-19(25)22(4)16-10-7-11-17(23(26)27)14(16)12-18(24)13-8-5-6-9-15(13)21/h5-11,18,24H,12H2,1-4H3. The second-order valence-corrected chi connectivity index (χ2v) is 7.31. The summed E-state index contributed by atoms with van der Waals surface area (Å²) in [6.45, 7) is 5.11. The zero-order valence-corrected chi connectivity index (χ0v) is 16.2. The molecule has 0 aliphatic heterocycles. The maximum Gasteiger partial charge on any atom is 0.414 e. The topological polar surface area (TPSA) is 92.9 Å². The number of rotatable bonds is 5. The van der Waals surface area contributed by atoms with E-state index in [-0.39, 0.29) is 28.9 Å². The summed E-state index contributed by atoms with van der Waals surface area (Å²) in [6.07, 6.45) is -2.27. The van der Waals surface area contributed by atoms with Crippen molar-refractivity contribution in [3.8, 4) is 0 Å². The minimum absolute atomic E-state index is 0.0199. The highest BCUT2D eigenvalue weighted by atomic mass is 19.1. The van der Waals surface area contributed by atoms with E-state index in [9.17, 15) is 24.4 Å². The summed E-state index contributed by atoms with van der Waals surface area (Å²) in [5.74, 6) is -0.615. The van der Waals surface area contributed by atoms with Gasteiger partial charge in [0, 0.05) is 25.1 Å². The summed E-state index contributed by atoms with van der Waals surface area (Å²) < 4.78 is 19.3. The van der Waals surface area contributed by atoms with Gasteiger partial charge in [-0.2, -0.15) is 0 Å². The lowest BCUT2D eigenvalue weighted by Crippen LogP contribution is -2.34. The van der Waals surface area contributed by atoms with Gasteiger partial charge in [0.25, 0.3) is 5.69 Å². The molecule has 0 saturated carbocycles. The first kappa shape index (κ1) is 21.3. The Kier molecular flexibility index (Phi) is 6.35. The Morgan fingerprint density at radius 2 is 1.89 bits per heavy atom. The number of benzene rings is 2. The molecule has 0 radical (unpaired) electrons. The van der Waals surface area contributed by atoms with E-state index < -0.39 is 28.5 Å². The van der Waals surface area contributed by atoms with Gasteiger partial charge in [0.2, 0.25) is 0 Å². The Balaban J connectivity index is 2.45. The fraction of sp³-hybridized carbons (Fsp3) is 0.350. The number of amides is 1. The SMILES string of the molecule is CN(C(=O)OC(C)(C)C)c1cccc([N+](=O)[O-])c1CC(O)c1ccccc1F. The molecule has 150 valence electrons. The fourth-order valence-electron chi connectivity index (χ4n) is 2.73. The zero-order valence-electron chi connectivity index (χ0n) is 16.2. The summed E-state index contributed by atoms with van der Waals surface area (Å²) >= 11 is 0. The third-order valence-electron chi connectivity index (χ3n) is 4.01. The second kappa shape index (κ2) is 8.35. The van der Waals surface area contributed by atoms with E-state index in [1.807, 2.05) is 0 Å². The third-order valence-corrected chi connectivity index (χ3v) is 4.01. The molecule has 0 bridgehead atoms. The fourth-order valence-corrected chi connectivity index (χ4v) is 2.73. The quantitative estimate of drug-likeness (QED) is 0.604. The van der Waals surface area contributed by atoms with Crippen LogP contribution in [0.15, 0.2) is 42.5 Å². The molecule has 1 atom stereocenters. The Hall–Kier alpha value is -3.00. The molecule has 1 unspecified atom stereocenters. The second-order valence-electron chi connectivity index (χ2n) is 7.31. The van der Waals surface area contributed by atoms with Crippen molar-refractivity contribution < 1.29 is 24.0 Å². The number of halogens is 1. The van der Waals surface area contributed by atoms with Gasteiger partial charge in [-0.15, -0.1) is 0 Å². The van der Waals surface area contributed by atoms with Crippen molar-refractivity contribution in [3.05, 3.63) is 69.5 Å². The molecule has 2 aromatic carbocycles. The number of ether oxygens (including phenoxy) is 1. The highest BCUT2D eigenvalue weighted by Crippen LogP contribution is 2.34. The molecular weight excluding hydrogens is 367 g/mol. The number of carbonyl (C=O) groups excluding carboxylic acids is 1. The monoisotopic (exact) mass is 390 g/mol.